The zero-order chi connectivity index (χ0) is 17.9. The first kappa shape index (κ1) is 19.9. The van der Waals surface area contributed by atoms with Crippen LogP contribution in [0.15, 0.2) is 24.3 Å². The van der Waals surface area contributed by atoms with Gasteiger partial charge in [0.25, 0.3) is 0 Å². The summed E-state index contributed by atoms with van der Waals surface area (Å²) in [5.41, 5.74) is 1.69. The Bertz CT molecular complexity index is 551. The molecule has 1 amide bonds. The molecule has 1 N–H and O–H groups in total. The van der Waals surface area contributed by atoms with Crippen molar-refractivity contribution in [3.05, 3.63) is 35.4 Å². The van der Waals surface area contributed by atoms with Crippen molar-refractivity contribution in [3.63, 3.8) is 0 Å². The van der Waals surface area contributed by atoms with Crippen molar-refractivity contribution in [1.82, 2.24) is 5.32 Å². The number of nitrogens with one attached hydrogen (secondary N) is 1. The van der Waals surface area contributed by atoms with Crippen molar-refractivity contribution in [2.45, 2.75) is 58.9 Å². The van der Waals surface area contributed by atoms with E-state index < -0.39 is 0 Å². The van der Waals surface area contributed by atoms with Crippen molar-refractivity contribution in [2.75, 3.05) is 6.61 Å². The topological polar surface area (TPSA) is 72.5 Å². The molecule has 0 spiro atoms. The predicted molar refractivity (Wildman–Crippen MR) is 92.9 cm³/mol. The number of carbonyl (C=O) groups is 3. The van der Waals surface area contributed by atoms with E-state index in [1.807, 2.05) is 24.3 Å². The standard InChI is InChI=1S/C19H27NO4/c1-4-5-6-7-19(23)17-10-8-16(9-11-17)12-18(20-14(2)21)13-24-15(3)22/h8-11,18H,4-7,12-13H2,1-3H3,(H,20,21)/t18-/m0/s1. The van der Waals surface area contributed by atoms with Gasteiger partial charge in [0.1, 0.15) is 6.61 Å². The molecular weight excluding hydrogens is 306 g/mol. The molecular formula is C19H27NO4. The van der Waals surface area contributed by atoms with E-state index >= 15 is 0 Å². The fourth-order valence-corrected chi connectivity index (χ4v) is 2.45. The van der Waals surface area contributed by atoms with Crippen LogP contribution in [0.5, 0.6) is 0 Å². The van der Waals surface area contributed by atoms with Gasteiger partial charge < -0.3 is 10.1 Å². The Hall–Kier alpha value is -2.17. The van der Waals surface area contributed by atoms with Gasteiger partial charge in [-0.25, -0.2) is 0 Å². The van der Waals surface area contributed by atoms with E-state index in [9.17, 15) is 14.4 Å². The summed E-state index contributed by atoms with van der Waals surface area (Å²) < 4.78 is 4.99. The summed E-state index contributed by atoms with van der Waals surface area (Å²) in [6, 6.07) is 7.13. The highest BCUT2D eigenvalue weighted by Gasteiger charge is 2.13. The highest BCUT2D eigenvalue weighted by molar-refractivity contribution is 5.96. The predicted octanol–water partition coefficient (Wildman–Crippen LogP) is 3.06. The van der Waals surface area contributed by atoms with Crippen LogP contribution in [0.25, 0.3) is 0 Å². The Balaban J connectivity index is 2.63. The van der Waals surface area contributed by atoms with Gasteiger partial charge in [-0.05, 0) is 18.4 Å². The Morgan fingerprint density at radius 2 is 1.75 bits per heavy atom. The Morgan fingerprint density at radius 1 is 1.08 bits per heavy atom. The number of carbonyl (C=O) groups excluding carboxylic acids is 3. The average molecular weight is 333 g/mol. The number of esters is 1. The summed E-state index contributed by atoms with van der Waals surface area (Å²) in [7, 11) is 0. The van der Waals surface area contributed by atoms with Crippen LogP contribution < -0.4 is 5.32 Å². The van der Waals surface area contributed by atoms with E-state index in [1.165, 1.54) is 13.8 Å². The highest BCUT2D eigenvalue weighted by Crippen LogP contribution is 2.11. The second kappa shape index (κ2) is 10.6. The summed E-state index contributed by atoms with van der Waals surface area (Å²) in [6.45, 7) is 5.01. The maximum absolute atomic E-state index is 12.1. The molecule has 0 aliphatic rings. The lowest BCUT2D eigenvalue weighted by molar-refractivity contribution is -0.142. The molecule has 5 heteroatoms. The number of unbranched alkanes of at least 4 members (excludes halogenated alkanes) is 2. The molecule has 0 radical (unpaired) electrons. The quantitative estimate of drug-likeness (QED) is 0.406. The van der Waals surface area contributed by atoms with Crippen molar-refractivity contribution in [3.8, 4) is 0 Å². The molecule has 0 saturated heterocycles. The lowest BCUT2D eigenvalue weighted by atomic mass is 10.0. The number of ether oxygens (including phenoxy) is 1. The first-order chi connectivity index (χ1) is 11.4. The van der Waals surface area contributed by atoms with Crippen molar-refractivity contribution in [1.29, 1.82) is 0 Å². The van der Waals surface area contributed by atoms with Crippen LogP contribution in [-0.2, 0) is 20.7 Å². The third-order valence-corrected chi connectivity index (χ3v) is 3.66. The number of ketones is 1. The van der Waals surface area contributed by atoms with E-state index in [0.29, 0.717) is 18.4 Å². The van der Waals surface area contributed by atoms with Crippen LogP contribution >= 0.6 is 0 Å². The number of hydrogen-bond acceptors (Lipinski definition) is 4. The molecule has 0 aliphatic carbocycles. The first-order valence-corrected chi connectivity index (χ1v) is 8.45. The second-order valence-corrected chi connectivity index (χ2v) is 5.98. The lowest BCUT2D eigenvalue weighted by Crippen LogP contribution is -2.39. The molecule has 0 aliphatic heterocycles. The van der Waals surface area contributed by atoms with E-state index in [-0.39, 0.29) is 30.3 Å². The lowest BCUT2D eigenvalue weighted by Gasteiger charge is -2.17. The minimum absolute atomic E-state index is 0.132. The van der Waals surface area contributed by atoms with Crippen LogP contribution in [0.2, 0.25) is 0 Å². The molecule has 1 rings (SSSR count). The smallest absolute Gasteiger partial charge is 0.302 e. The van der Waals surface area contributed by atoms with Crippen molar-refractivity contribution in [2.24, 2.45) is 0 Å². The Labute approximate surface area is 143 Å². The van der Waals surface area contributed by atoms with E-state index in [1.54, 1.807) is 0 Å². The minimum atomic E-state index is -0.377. The molecule has 0 bridgehead atoms. The summed E-state index contributed by atoms with van der Waals surface area (Å²) in [4.78, 5) is 34.3. The summed E-state index contributed by atoms with van der Waals surface area (Å²) in [5.74, 6) is -0.387. The van der Waals surface area contributed by atoms with Gasteiger partial charge in [-0.3, -0.25) is 14.4 Å². The fraction of sp³-hybridized carbons (Fsp3) is 0.526. The van der Waals surface area contributed by atoms with E-state index in [0.717, 1.165) is 24.8 Å². The molecule has 132 valence electrons. The summed E-state index contributed by atoms with van der Waals surface area (Å²) >= 11 is 0. The molecule has 0 heterocycles. The molecule has 0 unspecified atom stereocenters. The molecule has 0 saturated carbocycles. The number of amides is 1. The Morgan fingerprint density at radius 3 is 2.29 bits per heavy atom. The molecule has 5 nitrogen and oxygen atoms in total. The van der Waals surface area contributed by atoms with Gasteiger partial charge in [0, 0.05) is 25.8 Å². The van der Waals surface area contributed by atoms with Gasteiger partial charge in [0.15, 0.2) is 5.78 Å². The van der Waals surface area contributed by atoms with Crippen LogP contribution in [-0.4, -0.2) is 30.3 Å². The molecule has 1 aromatic rings. The second-order valence-electron chi connectivity index (χ2n) is 5.98. The maximum Gasteiger partial charge on any atom is 0.302 e. The average Bonchev–Trinajstić information content (AvgIpc) is 2.53. The SMILES string of the molecule is CCCCCC(=O)c1ccc(C[C@@H](COC(C)=O)NC(C)=O)cc1. The molecule has 0 fully saturated rings. The van der Waals surface area contributed by atoms with E-state index in [2.05, 4.69) is 12.2 Å². The minimum Gasteiger partial charge on any atom is -0.464 e. The largest absolute Gasteiger partial charge is 0.464 e. The number of hydrogen-bond donors (Lipinski definition) is 1. The third-order valence-electron chi connectivity index (χ3n) is 3.66. The molecule has 24 heavy (non-hydrogen) atoms. The fourth-order valence-electron chi connectivity index (χ4n) is 2.45. The zero-order valence-corrected chi connectivity index (χ0v) is 14.8. The molecule has 0 aromatic heterocycles. The summed E-state index contributed by atoms with van der Waals surface area (Å²) in [5, 5.41) is 2.77. The number of rotatable bonds is 10. The van der Waals surface area contributed by atoms with Gasteiger partial charge in [-0.1, -0.05) is 44.0 Å². The van der Waals surface area contributed by atoms with Gasteiger partial charge in [0.05, 0.1) is 6.04 Å². The number of benzene rings is 1. The maximum atomic E-state index is 12.1. The van der Waals surface area contributed by atoms with Crippen LogP contribution in [0.3, 0.4) is 0 Å². The van der Waals surface area contributed by atoms with Gasteiger partial charge in [-0.15, -0.1) is 0 Å². The normalized spacial score (nSPS) is 11.6. The molecule has 1 aromatic carbocycles. The van der Waals surface area contributed by atoms with Crippen LogP contribution in [0.4, 0.5) is 0 Å². The van der Waals surface area contributed by atoms with Crippen LogP contribution in [0.1, 0.15) is 62.4 Å². The number of Topliss-reactive ketones (excluding diaryl/α,β-unsaturated/α-hetero) is 1. The monoisotopic (exact) mass is 333 g/mol. The highest BCUT2D eigenvalue weighted by atomic mass is 16.5. The zero-order valence-electron chi connectivity index (χ0n) is 14.8. The first-order valence-electron chi connectivity index (χ1n) is 8.45. The van der Waals surface area contributed by atoms with Crippen molar-refractivity contribution < 1.29 is 19.1 Å². The molecule has 1 atom stereocenters. The van der Waals surface area contributed by atoms with Crippen LogP contribution in [0, 0.1) is 0 Å². The van der Waals surface area contributed by atoms with E-state index in [4.69, 9.17) is 4.74 Å². The summed E-state index contributed by atoms with van der Waals surface area (Å²) in [6.07, 6.45) is 4.20. The Kier molecular flexibility index (Phi) is 8.76. The van der Waals surface area contributed by atoms with Gasteiger partial charge in [0.2, 0.25) is 5.91 Å². The van der Waals surface area contributed by atoms with Crippen molar-refractivity contribution >= 4 is 17.7 Å². The third kappa shape index (κ3) is 7.90. The van der Waals surface area contributed by atoms with Gasteiger partial charge >= 0.3 is 5.97 Å². The van der Waals surface area contributed by atoms with Gasteiger partial charge in [-0.2, -0.15) is 0 Å².